The molecule has 0 saturated heterocycles. The zero-order valence-corrected chi connectivity index (χ0v) is 13.4. The fourth-order valence-electron chi connectivity index (χ4n) is 1.92. The Morgan fingerprint density at radius 3 is 2.67 bits per heavy atom. The topological polar surface area (TPSA) is 98.5 Å². The monoisotopic (exact) mass is 314 g/mol. The second kappa shape index (κ2) is 7.42. The summed E-state index contributed by atoms with van der Waals surface area (Å²) in [5.41, 5.74) is 0.743. The number of ether oxygens (including phenoxy) is 1. The predicted octanol–water partition coefficient (Wildman–Crippen LogP) is 1.33. The Balaban J connectivity index is 2.74. The number of hydrogen-bond donors (Lipinski definition) is 2. The van der Waals surface area contributed by atoms with E-state index in [0.29, 0.717) is 0 Å². The van der Waals surface area contributed by atoms with Gasteiger partial charge in [-0.05, 0) is 38.0 Å². The highest BCUT2D eigenvalue weighted by Crippen LogP contribution is 2.23. The lowest BCUT2D eigenvalue weighted by Crippen LogP contribution is -2.36. The van der Waals surface area contributed by atoms with Crippen LogP contribution in [0.1, 0.15) is 32.3 Å². The summed E-state index contributed by atoms with van der Waals surface area (Å²) >= 11 is 0. The Morgan fingerprint density at radius 2 is 2.10 bits per heavy atom. The molecule has 0 saturated carbocycles. The first-order chi connectivity index (χ1) is 9.74. The molecule has 118 valence electrons. The number of nitrogens with one attached hydrogen (secondary N) is 1. The highest BCUT2D eigenvalue weighted by molar-refractivity contribution is 7.89. The second-order valence-electron chi connectivity index (χ2n) is 5.04. The molecule has 0 aliphatic rings. The lowest BCUT2D eigenvalue weighted by molar-refractivity contribution is -0.123. The van der Waals surface area contributed by atoms with Gasteiger partial charge >= 0.3 is 0 Å². The molecule has 3 N–H and O–H groups in total. The molecule has 1 unspecified atom stereocenters. The van der Waals surface area contributed by atoms with Crippen LogP contribution in [0.3, 0.4) is 0 Å². The van der Waals surface area contributed by atoms with Gasteiger partial charge in [-0.3, -0.25) is 4.79 Å². The lowest BCUT2D eigenvalue weighted by Gasteiger charge is -2.14. The van der Waals surface area contributed by atoms with Crippen molar-refractivity contribution in [3.05, 3.63) is 23.8 Å². The number of nitrogens with two attached hydrogens (primary N) is 1. The van der Waals surface area contributed by atoms with Crippen molar-refractivity contribution in [2.75, 3.05) is 6.61 Å². The van der Waals surface area contributed by atoms with Crippen molar-refractivity contribution in [1.29, 1.82) is 0 Å². The van der Waals surface area contributed by atoms with E-state index in [9.17, 15) is 13.2 Å². The van der Waals surface area contributed by atoms with E-state index in [4.69, 9.17) is 9.88 Å². The van der Waals surface area contributed by atoms with E-state index in [-0.39, 0.29) is 29.2 Å². The predicted molar refractivity (Wildman–Crippen MR) is 80.6 cm³/mol. The number of sulfonamides is 1. The van der Waals surface area contributed by atoms with Gasteiger partial charge in [0, 0.05) is 6.04 Å². The first-order valence-corrected chi connectivity index (χ1v) is 8.34. The quantitative estimate of drug-likeness (QED) is 0.793. The molecule has 1 aromatic rings. The first kappa shape index (κ1) is 17.5. The van der Waals surface area contributed by atoms with E-state index in [1.807, 2.05) is 13.8 Å². The van der Waals surface area contributed by atoms with Gasteiger partial charge in [0.15, 0.2) is 6.61 Å². The molecule has 0 spiro atoms. The van der Waals surface area contributed by atoms with Crippen LogP contribution in [-0.4, -0.2) is 27.0 Å². The molecular formula is C14H22N2O4S. The minimum Gasteiger partial charge on any atom is -0.482 e. The van der Waals surface area contributed by atoms with Gasteiger partial charge in [-0.25, -0.2) is 13.6 Å². The molecule has 7 heteroatoms. The average Bonchev–Trinajstić information content (AvgIpc) is 2.36. The molecule has 0 fully saturated rings. The van der Waals surface area contributed by atoms with Crippen molar-refractivity contribution in [2.24, 2.45) is 5.14 Å². The number of amides is 1. The number of carbonyl (C=O) groups excluding carboxylic acids is 1. The molecule has 1 rings (SSSR count). The minimum atomic E-state index is -3.89. The van der Waals surface area contributed by atoms with Crippen LogP contribution in [-0.2, 0) is 14.8 Å². The standard InChI is InChI=1S/C14H22N2O4S/c1-4-5-11(3)16-14(17)9-20-12-7-6-10(2)8-13(12)21(15,18)19/h6-8,11H,4-5,9H2,1-3H3,(H,16,17)(H2,15,18,19). The zero-order chi connectivity index (χ0) is 16.0. The average molecular weight is 314 g/mol. The molecule has 0 aliphatic heterocycles. The maximum absolute atomic E-state index is 11.7. The van der Waals surface area contributed by atoms with Crippen molar-refractivity contribution >= 4 is 15.9 Å². The number of aryl methyl sites for hydroxylation is 1. The highest BCUT2D eigenvalue weighted by atomic mass is 32.2. The molecule has 1 aromatic carbocycles. The van der Waals surface area contributed by atoms with Gasteiger partial charge in [0.05, 0.1) is 0 Å². The molecule has 1 atom stereocenters. The van der Waals surface area contributed by atoms with Crippen molar-refractivity contribution in [3.8, 4) is 5.75 Å². The van der Waals surface area contributed by atoms with Gasteiger partial charge in [-0.15, -0.1) is 0 Å². The molecule has 21 heavy (non-hydrogen) atoms. The van der Waals surface area contributed by atoms with Crippen LogP contribution in [0.25, 0.3) is 0 Å². The normalized spacial score (nSPS) is 12.8. The molecule has 6 nitrogen and oxygen atoms in total. The molecule has 0 bridgehead atoms. The third-order valence-corrected chi connectivity index (χ3v) is 3.83. The lowest BCUT2D eigenvalue weighted by atomic mass is 10.2. The summed E-state index contributed by atoms with van der Waals surface area (Å²) in [4.78, 5) is 11.6. The summed E-state index contributed by atoms with van der Waals surface area (Å²) in [7, 11) is -3.89. The largest absolute Gasteiger partial charge is 0.482 e. The Labute approximate surface area is 125 Å². The highest BCUT2D eigenvalue weighted by Gasteiger charge is 2.16. The smallest absolute Gasteiger partial charge is 0.258 e. The van der Waals surface area contributed by atoms with Crippen LogP contribution < -0.4 is 15.2 Å². The number of hydrogen-bond acceptors (Lipinski definition) is 4. The van der Waals surface area contributed by atoms with Gasteiger partial charge in [-0.1, -0.05) is 19.4 Å². The van der Waals surface area contributed by atoms with Crippen LogP contribution in [0.2, 0.25) is 0 Å². The first-order valence-electron chi connectivity index (χ1n) is 6.79. The number of primary sulfonamides is 1. The van der Waals surface area contributed by atoms with Crippen molar-refractivity contribution < 1.29 is 17.9 Å². The molecule has 0 radical (unpaired) electrons. The second-order valence-corrected chi connectivity index (χ2v) is 6.57. The molecule has 0 aromatic heterocycles. The van der Waals surface area contributed by atoms with Crippen molar-refractivity contribution in [1.82, 2.24) is 5.32 Å². The number of rotatable bonds is 7. The van der Waals surface area contributed by atoms with Gasteiger partial charge in [0.2, 0.25) is 10.0 Å². The summed E-state index contributed by atoms with van der Waals surface area (Å²) in [6.45, 7) is 5.43. The Hall–Kier alpha value is -1.60. The van der Waals surface area contributed by atoms with Gasteiger partial charge < -0.3 is 10.1 Å². The van der Waals surface area contributed by atoms with Gasteiger partial charge in [0.25, 0.3) is 5.91 Å². The molecule has 0 aliphatic carbocycles. The van der Waals surface area contributed by atoms with Crippen molar-refractivity contribution in [2.45, 2.75) is 44.6 Å². The van der Waals surface area contributed by atoms with Crippen LogP contribution in [0.4, 0.5) is 0 Å². The third-order valence-electron chi connectivity index (χ3n) is 2.89. The Kier molecular flexibility index (Phi) is 6.17. The van der Waals surface area contributed by atoms with E-state index in [2.05, 4.69) is 5.32 Å². The van der Waals surface area contributed by atoms with Crippen LogP contribution in [0.15, 0.2) is 23.1 Å². The van der Waals surface area contributed by atoms with E-state index in [0.717, 1.165) is 18.4 Å². The van der Waals surface area contributed by atoms with E-state index in [1.165, 1.54) is 12.1 Å². The van der Waals surface area contributed by atoms with Crippen molar-refractivity contribution in [3.63, 3.8) is 0 Å². The fourth-order valence-corrected chi connectivity index (χ4v) is 2.68. The summed E-state index contributed by atoms with van der Waals surface area (Å²) in [6, 6.07) is 4.67. The SMILES string of the molecule is CCCC(C)NC(=O)COc1ccc(C)cc1S(N)(=O)=O. The number of carbonyl (C=O) groups is 1. The number of benzene rings is 1. The summed E-state index contributed by atoms with van der Waals surface area (Å²) in [5, 5.41) is 7.92. The van der Waals surface area contributed by atoms with Crippen LogP contribution in [0, 0.1) is 6.92 Å². The summed E-state index contributed by atoms with van der Waals surface area (Å²) < 4.78 is 28.3. The van der Waals surface area contributed by atoms with E-state index >= 15 is 0 Å². The third kappa shape index (κ3) is 5.73. The summed E-state index contributed by atoms with van der Waals surface area (Å²) in [6.07, 6.45) is 1.84. The molecule has 1 amide bonds. The maximum atomic E-state index is 11.7. The summed E-state index contributed by atoms with van der Waals surface area (Å²) in [5.74, 6) is -0.210. The fraction of sp³-hybridized carbons (Fsp3) is 0.500. The molecule has 0 heterocycles. The van der Waals surface area contributed by atoms with Crippen LogP contribution >= 0.6 is 0 Å². The van der Waals surface area contributed by atoms with Gasteiger partial charge in [-0.2, -0.15) is 0 Å². The molecular weight excluding hydrogens is 292 g/mol. The van der Waals surface area contributed by atoms with E-state index in [1.54, 1.807) is 13.0 Å². The van der Waals surface area contributed by atoms with Gasteiger partial charge in [0.1, 0.15) is 10.6 Å². The minimum absolute atomic E-state index is 0.0572. The van der Waals surface area contributed by atoms with E-state index < -0.39 is 10.0 Å². The maximum Gasteiger partial charge on any atom is 0.258 e. The zero-order valence-electron chi connectivity index (χ0n) is 12.5. The Bertz CT molecular complexity index is 599. The Morgan fingerprint density at radius 1 is 1.43 bits per heavy atom. The van der Waals surface area contributed by atoms with Crippen LogP contribution in [0.5, 0.6) is 5.75 Å².